The van der Waals surface area contributed by atoms with Gasteiger partial charge in [0.2, 0.25) is 5.43 Å². The first-order chi connectivity index (χ1) is 26.2. The number of anilines is 1. The van der Waals surface area contributed by atoms with Gasteiger partial charge < -0.3 is 45.3 Å². The van der Waals surface area contributed by atoms with Crippen LogP contribution in [0, 0.1) is 11.6 Å². The molecule has 0 radical (unpaired) electrons. The zero-order valence-corrected chi connectivity index (χ0v) is 33.1. The Balaban J connectivity index is 0.00000580. The predicted octanol–water partition coefficient (Wildman–Crippen LogP) is 4.22. The molecule has 3 aliphatic rings. The number of carbonyl (C=O) groups excluding carboxylic acids is 1. The fourth-order valence-electron chi connectivity index (χ4n) is 7.81. The van der Waals surface area contributed by atoms with Crippen LogP contribution < -0.4 is 41.7 Å². The normalized spacial score (nSPS) is 17.5. The maximum Gasteiger partial charge on any atom is 0.263 e. The number of unbranched alkanes of at least 4 members (excludes halogenated alkanes) is 4. The number of amides is 1. The summed E-state index contributed by atoms with van der Waals surface area (Å²) in [6, 6.07) is 11.6. The number of ether oxygens (including phenoxy) is 4. The van der Waals surface area contributed by atoms with Gasteiger partial charge in [-0.15, -0.1) is 0 Å². The monoisotopic (exact) mass is 782 g/mol. The standard InChI is InChI=1S/C42H53F2N4O6.ClH/c1-5-46(32-22-30(43)21-31(44)23-32)42(50)37-29-47(33-24-34(52-6-2)26-35(25-33)53-7-3)38-27-36(28-39(51-4)40(38)41(37)49)54-20-12-10-8-9-11-16-48-17-13-45(14-18-48)15-19-48;/h21-29H,5-20H2,1-4H3;1H/q+1;/p-1. The highest BCUT2D eigenvalue weighted by Crippen LogP contribution is 2.34. The Morgan fingerprint density at radius 2 is 1.38 bits per heavy atom. The highest BCUT2D eigenvalue weighted by Gasteiger charge is 2.37. The number of hydrogen-bond donors (Lipinski definition) is 0. The molecule has 3 fully saturated rings. The van der Waals surface area contributed by atoms with Gasteiger partial charge in [-0.2, -0.15) is 0 Å². The molecule has 298 valence electrons. The van der Waals surface area contributed by atoms with E-state index in [2.05, 4.69) is 4.90 Å². The van der Waals surface area contributed by atoms with Gasteiger partial charge in [0.05, 0.1) is 69.7 Å². The summed E-state index contributed by atoms with van der Waals surface area (Å²) in [6.07, 6.45) is 7.02. The summed E-state index contributed by atoms with van der Waals surface area (Å²) >= 11 is 0. The van der Waals surface area contributed by atoms with Gasteiger partial charge in [0.15, 0.2) is 0 Å². The SMILES string of the molecule is CCOc1cc(OCC)cc(-n2cc(C(=O)N(CC)c3cc(F)cc(F)c3)c(=O)c3c(OC)cc(OCCCCCCC[N+]45CCN(CC4)CC5)cc32)c1.[Cl-]. The summed E-state index contributed by atoms with van der Waals surface area (Å²) in [5.41, 5.74) is 0.181. The molecule has 3 aliphatic heterocycles. The van der Waals surface area contributed by atoms with Crippen LogP contribution in [0.4, 0.5) is 14.5 Å². The van der Waals surface area contributed by atoms with Crippen molar-refractivity contribution in [3.63, 3.8) is 0 Å². The second kappa shape index (κ2) is 19.0. The van der Waals surface area contributed by atoms with Crippen molar-refractivity contribution in [3.05, 3.63) is 82.1 Å². The third-order valence-electron chi connectivity index (χ3n) is 10.7. The van der Waals surface area contributed by atoms with Crippen molar-refractivity contribution in [1.29, 1.82) is 0 Å². The Hall–Kier alpha value is -4.39. The van der Waals surface area contributed by atoms with Crippen LogP contribution in [0.15, 0.2) is 59.5 Å². The van der Waals surface area contributed by atoms with Crippen molar-refractivity contribution in [3.8, 4) is 28.7 Å². The first-order valence-corrected chi connectivity index (χ1v) is 19.3. The number of aromatic nitrogens is 1. The predicted molar refractivity (Wildman–Crippen MR) is 207 cm³/mol. The molecule has 0 N–H and O–H groups in total. The van der Waals surface area contributed by atoms with Crippen molar-refractivity contribution < 1.29 is 49.4 Å². The minimum Gasteiger partial charge on any atom is -1.00 e. The molecule has 4 aromatic rings. The lowest BCUT2D eigenvalue weighted by Gasteiger charge is -2.50. The Morgan fingerprint density at radius 1 is 0.782 bits per heavy atom. The lowest BCUT2D eigenvalue weighted by Crippen LogP contribution is -3.00. The Labute approximate surface area is 328 Å². The highest BCUT2D eigenvalue weighted by molar-refractivity contribution is 6.08. The van der Waals surface area contributed by atoms with Crippen LogP contribution in [-0.2, 0) is 0 Å². The number of benzene rings is 3. The lowest BCUT2D eigenvalue weighted by atomic mass is 10.1. The number of halogens is 3. The number of fused-ring (bicyclic) bond motifs is 4. The van der Waals surface area contributed by atoms with Crippen molar-refractivity contribution in [2.75, 3.05) is 84.2 Å². The summed E-state index contributed by atoms with van der Waals surface area (Å²) in [7, 11) is 1.46. The van der Waals surface area contributed by atoms with E-state index in [4.69, 9.17) is 18.9 Å². The van der Waals surface area contributed by atoms with E-state index in [-0.39, 0.29) is 41.3 Å². The Bertz CT molecular complexity index is 1940. The van der Waals surface area contributed by atoms with E-state index in [1.165, 1.54) is 81.3 Å². The van der Waals surface area contributed by atoms with Gasteiger partial charge in [-0.3, -0.25) is 14.5 Å². The van der Waals surface area contributed by atoms with Gasteiger partial charge in [0.25, 0.3) is 5.91 Å². The van der Waals surface area contributed by atoms with E-state index in [1.54, 1.807) is 41.8 Å². The molecule has 10 nitrogen and oxygen atoms in total. The molecule has 0 unspecified atom stereocenters. The first kappa shape index (κ1) is 41.8. The zero-order chi connectivity index (χ0) is 38.2. The van der Waals surface area contributed by atoms with Crippen molar-refractivity contribution in [1.82, 2.24) is 9.47 Å². The number of piperazine rings is 3. The number of nitrogens with zero attached hydrogens (tertiary/aromatic N) is 4. The van der Waals surface area contributed by atoms with E-state index in [0.717, 1.165) is 37.5 Å². The van der Waals surface area contributed by atoms with E-state index in [9.17, 15) is 18.4 Å². The number of carbonyl (C=O) groups is 1. The first-order valence-electron chi connectivity index (χ1n) is 19.3. The Morgan fingerprint density at radius 3 is 1.98 bits per heavy atom. The molecule has 2 bridgehead atoms. The lowest BCUT2D eigenvalue weighted by molar-refractivity contribution is -0.941. The summed E-state index contributed by atoms with van der Waals surface area (Å²) in [4.78, 5) is 32.3. The van der Waals surface area contributed by atoms with Crippen LogP contribution in [0.1, 0.15) is 63.2 Å². The molecule has 0 atom stereocenters. The molecular weight excluding hydrogens is 730 g/mol. The number of quaternary nitrogens is 1. The third-order valence-corrected chi connectivity index (χ3v) is 10.7. The number of methoxy groups -OCH3 is 1. The van der Waals surface area contributed by atoms with Gasteiger partial charge in [0, 0.05) is 74.5 Å². The molecular formula is C42H53ClF2N4O6. The average Bonchev–Trinajstić information content (AvgIpc) is 3.16. The van der Waals surface area contributed by atoms with Crippen LogP contribution in [0.3, 0.4) is 0 Å². The van der Waals surface area contributed by atoms with Gasteiger partial charge >= 0.3 is 0 Å². The Kier molecular flexibility index (Phi) is 14.4. The minimum absolute atomic E-state index is 0. The fraction of sp³-hybridized carbons (Fsp3) is 0.476. The summed E-state index contributed by atoms with van der Waals surface area (Å²) in [5, 5.41) is 0.151. The largest absolute Gasteiger partial charge is 1.00 e. The minimum atomic E-state index is -0.837. The maximum absolute atomic E-state index is 14.3. The fourth-order valence-corrected chi connectivity index (χ4v) is 7.81. The second-order valence-electron chi connectivity index (χ2n) is 14.2. The highest BCUT2D eigenvalue weighted by atomic mass is 35.5. The third kappa shape index (κ3) is 9.71. The molecule has 0 aliphatic carbocycles. The number of pyridine rings is 1. The number of hydrogen-bond acceptors (Lipinski definition) is 7. The van der Waals surface area contributed by atoms with Crippen LogP contribution in [0.25, 0.3) is 16.6 Å². The van der Waals surface area contributed by atoms with Gasteiger partial charge in [0.1, 0.15) is 40.2 Å². The smallest absolute Gasteiger partial charge is 0.263 e. The van der Waals surface area contributed by atoms with E-state index in [1.807, 2.05) is 13.8 Å². The quantitative estimate of drug-likeness (QED) is 0.111. The molecule has 4 heterocycles. The van der Waals surface area contributed by atoms with Crippen LogP contribution in [0.2, 0.25) is 0 Å². The zero-order valence-electron chi connectivity index (χ0n) is 32.4. The van der Waals surface area contributed by atoms with E-state index < -0.39 is 23.0 Å². The summed E-state index contributed by atoms with van der Waals surface area (Å²) in [5.74, 6) is -0.584. The maximum atomic E-state index is 14.3. The van der Waals surface area contributed by atoms with Gasteiger partial charge in [-0.25, -0.2) is 8.78 Å². The van der Waals surface area contributed by atoms with Crippen molar-refractivity contribution in [2.24, 2.45) is 0 Å². The van der Waals surface area contributed by atoms with E-state index >= 15 is 0 Å². The topological polar surface area (TPSA) is 82.5 Å². The number of rotatable bonds is 18. The van der Waals surface area contributed by atoms with Gasteiger partial charge in [-0.1, -0.05) is 12.8 Å². The molecule has 7 rings (SSSR count). The van der Waals surface area contributed by atoms with Crippen LogP contribution >= 0.6 is 0 Å². The molecule has 3 aromatic carbocycles. The van der Waals surface area contributed by atoms with Crippen molar-refractivity contribution in [2.45, 2.75) is 52.9 Å². The second-order valence-corrected chi connectivity index (χ2v) is 14.2. The molecule has 3 saturated heterocycles. The average molecular weight is 783 g/mol. The van der Waals surface area contributed by atoms with Crippen molar-refractivity contribution >= 4 is 22.5 Å². The van der Waals surface area contributed by atoms with Crippen LogP contribution in [-0.4, -0.2) is 99.1 Å². The molecule has 1 amide bonds. The van der Waals surface area contributed by atoms with Crippen LogP contribution in [0.5, 0.6) is 23.0 Å². The molecule has 0 spiro atoms. The summed E-state index contributed by atoms with van der Waals surface area (Å²) in [6.45, 7) is 15.7. The van der Waals surface area contributed by atoms with E-state index in [0.29, 0.717) is 48.3 Å². The molecule has 13 heteroatoms. The molecule has 0 saturated carbocycles. The summed E-state index contributed by atoms with van der Waals surface area (Å²) < 4.78 is 55.3. The molecule has 55 heavy (non-hydrogen) atoms. The molecule has 1 aromatic heterocycles. The van der Waals surface area contributed by atoms with Gasteiger partial charge in [-0.05, 0) is 52.2 Å².